The van der Waals surface area contributed by atoms with Crippen LogP contribution in [0.25, 0.3) is 11.5 Å². The van der Waals surface area contributed by atoms with E-state index >= 15 is 0 Å². The molecule has 1 aromatic carbocycles. The Labute approximate surface area is 150 Å². The maximum absolute atomic E-state index is 12.6. The van der Waals surface area contributed by atoms with Crippen LogP contribution < -0.4 is 10.3 Å². The van der Waals surface area contributed by atoms with Crippen molar-refractivity contribution in [2.75, 3.05) is 13.7 Å². The minimum atomic E-state index is -0.111. The molecule has 1 N–H and O–H groups in total. The second-order valence-corrected chi connectivity index (χ2v) is 6.20. The van der Waals surface area contributed by atoms with Crippen molar-refractivity contribution in [3.05, 3.63) is 70.0 Å². The number of ether oxygens (including phenoxy) is 1. The smallest absolute Gasteiger partial charge is 0.255 e. The predicted octanol–water partition coefficient (Wildman–Crippen LogP) is 1.79. The van der Waals surface area contributed by atoms with Crippen LogP contribution >= 0.6 is 0 Å². The molecule has 0 saturated heterocycles. The van der Waals surface area contributed by atoms with Crippen molar-refractivity contribution in [2.24, 2.45) is 0 Å². The number of nitrogens with zero attached hydrogens (tertiary/aromatic N) is 4. The zero-order valence-corrected chi connectivity index (χ0v) is 14.5. The van der Waals surface area contributed by atoms with E-state index in [-0.39, 0.29) is 5.56 Å². The zero-order chi connectivity index (χ0) is 17.9. The summed E-state index contributed by atoms with van der Waals surface area (Å²) in [6.45, 7) is 2.13. The summed E-state index contributed by atoms with van der Waals surface area (Å²) in [4.78, 5) is 30.5. The highest BCUT2D eigenvalue weighted by Crippen LogP contribution is 2.23. The van der Waals surface area contributed by atoms with Gasteiger partial charge in [0.2, 0.25) is 0 Å². The summed E-state index contributed by atoms with van der Waals surface area (Å²) < 4.78 is 5.43. The SMILES string of the molecule is COc1ccccc1CN1CCc2nc(-c3cnccn3)[nH]c(=O)c2C1. The summed E-state index contributed by atoms with van der Waals surface area (Å²) >= 11 is 0. The minimum absolute atomic E-state index is 0.111. The molecule has 1 aliphatic rings. The molecule has 1 aliphatic heterocycles. The molecule has 0 bridgehead atoms. The van der Waals surface area contributed by atoms with Crippen LogP contribution in [0.3, 0.4) is 0 Å². The van der Waals surface area contributed by atoms with Crippen LogP contribution in [0.1, 0.15) is 16.8 Å². The normalized spacial score (nSPS) is 14.0. The van der Waals surface area contributed by atoms with Gasteiger partial charge >= 0.3 is 0 Å². The summed E-state index contributed by atoms with van der Waals surface area (Å²) in [6, 6.07) is 7.95. The van der Waals surface area contributed by atoms with Crippen LogP contribution in [0.15, 0.2) is 47.7 Å². The van der Waals surface area contributed by atoms with Gasteiger partial charge in [0.05, 0.1) is 24.6 Å². The molecule has 0 saturated carbocycles. The number of hydrogen-bond acceptors (Lipinski definition) is 6. The van der Waals surface area contributed by atoms with Gasteiger partial charge in [0.25, 0.3) is 5.56 Å². The molecular formula is C19H19N5O2. The van der Waals surface area contributed by atoms with Crippen molar-refractivity contribution in [1.29, 1.82) is 0 Å². The van der Waals surface area contributed by atoms with Crippen molar-refractivity contribution in [3.63, 3.8) is 0 Å². The van der Waals surface area contributed by atoms with Crippen LogP contribution in [-0.2, 0) is 19.5 Å². The Balaban J connectivity index is 1.59. The summed E-state index contributed by atoms with van der Waals surface area (Å²) in [5, 5.41) is 0. The van der Waals surface area contributed by atoms with Crippen molar-refractivity contribution < 1.29 is 4.74 Å². The van der Waals surface area contributed by atoms with Crippen molar-refractivity contribution >= 4 is 0 Å². The van der Waals surface area contributed by atoms with Crippen molar-refractivity contribution in [1.82, 2.24) is 24.8 Å². The number of aromatic amines is 1. The van der Waals surface area contributed by atoms with E-state index in [9.17, 15) is 4.79 Å². The number of rotatable bonds is 4. The molecule has 0 unspecified atom stereocenters. The van der Waals surface area contributed by atoms with E-state index in [0.29, 0.717) is 18.1 Å². The zero-order valence-electron chi connectivity index (χ0n) is 14.5. The van der Waals surface area contributed by atoms with E-state index in [1.165, 1.54) is 0 Å². The predicted molar refractivity (Wildman–Crippen MR) is 96.7 cm³/mol. The molecule has 2 aromatic heterocycles. The van der Waals surface area contributed by atoms with Crippen LogP contribution in [0.2, 0.25) is 0 Å². The molecule has 0 spiro atoms. The Bertz CT molecular complexity index is 971. The van der Waals surface area contributed by atoms with E-state index in [0.717, 1.165) is 42.1 Å². The molecule has 0 atom stereocenters. The number of aromatic nitrogens is 4. The lowest BCUT2D eigenvalue weighted by Gasteiger charge is -2.28. The van der Waals surface area contributed by atoms with Gasteiger partial charge in [-0.3, -0.25) is 14.7 Å². The van der Waals surface area contributed by atoms with E-state index in [2.05, 4.69) is 24.8 Å². The first-order chi connectivity index (χ1) is 12.7. The summed E-state index contributed by atoms with van der Waals surface area (Å²) in [5.41, 5.74) is 3.13. The highest BCUT2D eigenvalue weighted by molar-refractivity contribution is 5.47. The Kier molecular flexibility index (Phi) is 4.45. The van der Waals surface area contributed by atoms with Gasteiger partial charge in [0.1, 0.15) is 11.4 Å². The number of fused-ring (bicyclic) bond motifs is 1. The van der Waals surface area contributed by atoms with Crippen LogP contribution in [-0.4, -0.2) is 38.5 Å². The average Bonchev–Trinajstić information content (AvgIpc) is 2.69. The number of para-hydroxylation sites is 1. The van der Waals surface area contributed by atoms with Gasteiger partial charge in [-0.1, -0.05) is 18.2 Å². The van der Waals surface area contributed by atoms with Gasteiger partial charge in [-0.15, -0.1) is 0 Å². The molecule has 3 heterocycles. The third kappa shape index (κ3) is 3.21. The average molecular weight is 349 g/mol. The fourth-order valence-electron chi connectivity index (χ4n) is 3.23. The third-order valence-electron chi connectivity index (χ3n) is 4.54. The van der Waals surface area contributed by atoms with Gasteiger partial charge in [0, 0.05) is 44.0 Å². The summed E-state index contributed by atoms with van der Waals surface area (Å²) in [6.07, 6.45) is 5.50. The van der Waals surface area contributed by atoms with Gasteiger partial charge in [-0.2, -0.15) is 0 Å². The second kappa shape index (κ2) is 7.05. The quantitative estimate of drug-likeness (QED) is 0.773. The third-order valence-corrected chi connectivity index (χ3v) is 4.54. The number of benzene rings is 1. The first kappa shape index (κ1) is 16.4. The first-order valence-electron chi connectivity index (χ1n) is 8.47. The van der Waals surface area contributed by atoms with E-state index in [1.54, 1.807) is 25.7 Å². The van der Waals surface area contributed by atoms with Gasteiger partial charge in [-0.25, -0.2) is 9.97 Å². The topological polar surface area (TPSA) is 84.0 Å². The fourth-order valence-corrected chi connectivity index (χ4v) is 3.23. The molecule has 0 radical (unpaired) electrons. The maximum atomic E-state index is 12.6. The van der Waals surface area contributed by atoms with Gasteiger partial charge < -0.3 is 9.72 Å². The lowest BCUT2D eigenvalue weighted by Crippen LogP contribution is -2.35. The molecule has 4 rings (SSSR count). The van der Waals surface area contributed by atoms with Crippen LogP contribution in [0.5, 0.6) is 5.75 Å². The Morgan fingerprint density at radius 3 is 2.96 bits per heavy atom. The van der Waals surface area contributed by atoms with E-state index in [1.807, 2.05) is 24.3 Å². The molecule has 0 aliphatic carbocycles. The highest BCUT2D eigenvalue weighted by Gasteiger charge is 2.22. The molecule has 26 heavy (non-hydrogen) atoms. The van der Waals surface area contributed by atoms with Crippen LogP contribution in [0, 0.1) is 0 Å². The number of H-pyrrole nitrogens is 1. The van der Waals surface area contributed by atoms with Crippen molar-refractivity contribution in [2.45, 2.75) is 19.5 Å². The van der Waals surface area contributed by atoms with Gasteiger partial charge in [-0.05, 0) is 6.07 Å². The van der Waals surface area contributed by atoms with Crippen LogP contribution in [0.4, 0.5) is 0 Å². The molecule has 7 heteroatoms. The number of hydrogen-bond donors (Lipinski definition) is 1. The number of methoxy groups -OCH3 is 1. The Morgan fingerprint density at radius 1 is 1.27 bits per heavy atom. The monoisotopic (exact) mass is 349 g/mol. The minimum Gasteiger partial charge on any atom is -0.496 e. The van der Waals surface area contributed by atoms with E-state index in [4.69, 9.17) is 4.74 Å². The number of nitrogens with one attached hydrogen (secondary N) is 1. The summed E-state index contributed by atoms with van der Waals surface area (Å²) in [7, 11) is 1.67. The fraction of sp³-hybridized carbons (Fsp3) is 0.263. The molecular weight excluding hydrogens is 330 g/mol. The molecule has 0 fully saturated rings. The Hall–Kier alpha value is -3.06. The second-order valence-electron chi connectivity index (χ2n) is 6.20. The highest BCUT2D eigenvalue weighted by atomic mass is 16.5. The van der Waals surface area contributed by atoms with E-state index < -0.39 is 0 Å². The summed E-state index contributed by atoms with van der Waals surface area (Å²) in [5.74, 6) is 1.34. The van der Waals surface area contributed by atoms with Crippen molar-refractivity contribution in [3.8, 4) is 17.3 Å². The van der Waals surface area contributed by atoms with Gasteiger partial charge in [0.15, 0.2) is 5.82 Å². The maximum Gasteiger partial charge on any atom is 0.255 e. The standard InChI is InChI=1S/C19H19N5O2/c1-26-17-5-3-2-4-13(17)11-24-9-6-15-14(12-24)19(25)23-18(22-15)16-10-20-7-8-21-16/h2-5,7-8,10H,6,9,11-12H2,1H3,(H,22,23,25). The lowest BCUT2D eigenvalue weighted by atomic mass is 10.1. The molecule has 7 nitrogen and oxygen atoms in total. The lowest BCUT2D eigenvalue weighted by molar-refractivity contribution is 0.238. The molecule has 0 amide bonds. The molecule has 132 valence electrons. The first-order valence-corrected chi connectivity index (χ1v) is 8.47. The largest absolute Gasteiger partial charge is 0.496 e. The Morgan fingerprint density at radius 2 is 2.15 bits per heavy atom. The molecule has 3 aromatic rings.